The standard InChI is InChI=1S/C8H17NO2.C5H10O2/c10-7-1-2-8(11)3-5-9-6-4-8;1-5(2,3)7-4-6/h9-11H,1-7H2;4H,1-3H3. The van der Waals surface area contributed by atoms with Gasteiger partial charge in [-0.15, -0.1) is 0 Å². The zero-order valence-electron chi connectivity index (χ0n) is 11.7. The lowest BCUT2D eigenvalue weighted by Gasteiger charge is -2.32. The Morgan fingerprint density at radius 1 is 1.33 bits per heavy atom. The van der Waals surface area contributed by atoms with Crippen LogP contribution in [0.25, 0.3) is 0 Å². The lowest BCUT2D eigenvalue weighted by atomic mass is 9.88. The Hall–Kier alpha value is -0.650. The first-order chi connectivity index (χ1) is 8.33. The average Bonchev–Trinajstić information content (AvgIpc) is 2.27. The normalized spacial score (nSPS) is 18.5. The van der Waals surface area contributed by atoms with E-state index in [1.807, 2.05) is 20.8 Å². The summed E-state index contributed by atoms with van der Waals surface area (Å²) in [6.45, 7) is 7.92. The fourth-order valence-electron chi connectivity index (χ4n) is 1.69. The largest absolute Gasteiger partial charge is 0.462 e. The Morgan fingerprint density at radius 3 is 2.22 bits per heavy atom. The molecule has 0 spiro atoms. The molecule has 5 nitrogen and oxygen atoms in total. The summed E-state index contributed by atoms with van der Waals surface area (Å²) < 4.78 is 4.55. The molecule has 1 aliphatic heterocycles. The smallest absolute Gasteiger partial charge is 0.293 e. The lowest BCUT2D eigenvalue weighted by Crippen LogP contribution is -2.41. The number of aliphatic hydroxyl groups excluding tert-OH is 1. The van der Waals surface area contributed by atoms with Crippen LogP contribution in [0, 0.1) is 0 Å². The van der Waals surface area contributed by atoms with Crippen molar-refractivity contribution in [2.75, 3.05) is 19.7 Å². The van der Waals surface area contributed by atoms with Gasteiger partial charge in [0, 0.05) is 6.61 Å². The van der Waals surface area contributed by atoms with E-state index < -0.39 is 5.60 Å². The van der Waals surface area contributed by atoms with Crippen molar-refractivity contribution in [2.24, 2.45) is 0 Å². The van der Waals surface area contributed by atoms with E-state index in [4.69, 9.17) is 5.11 Å². The Balaban J connectivity index is 0.000000360. The summed E-state index contributed by atoms with van der Waals surface area (Å²) in [5.74, 6) is 0. The van der Waals surface area contributed by atoms with Crippen LogP contribution in [0.3, 0.4) is 0 Å². The predicted molar refractivity (Wildman–Crippen MR) is 70.3 cm³/mol. The molecular formula is C13H27NO4. The minimum Gasteiger partial charge on any atom is -0.462 e. The molecule has 1 heterocycles. The highest BCUT2D eigenvalue weighted by atomic mass is 16.5. The minimum atomic E-state index is -0.492. The third-order valence-electron chi connectivity index (χ3n) is 2.74. The second-order valence-corrected chi connectivity index (χ2v) is 5.63. The predicted octanol–water partition coefficient (Wildman–Crippen LogP) is 0.831. The number of rotatable bonds is 4. The lowest BCUT2D eigenvalue weighted by molar-refractivity contribution is -0.138. The van der Waals surface area contributed by atoms with Gasteiger partial charge in [0.05, 0.1) is 5.60 Å². The molecule has 1 fully saturated rings. The van der Waals surface area contributed by atoms with Gasteiger partial charge in [-0.25, -0.2) is 0 Å². The topological polar surface area (TPSA) is 78.8 Å². The second kappa shape index (κ2) is 8.45. The van der Waals surface area contributed by atoms with Crippen LogP contribution in [0.4, 0.5) is 0 Å². The zero-order chi connectivity index (χ0) is 14.1. The number of carbonyl (C=O) groups is 1. The van der Waals surface area contributed by atoms with Crippen LogP contribution in [-0.4, -0.2) is 47.6 Å². The molecule has 0 aromatic carbocycles. The van der Waals surface area contributed by atoms with Crippen molar-refractivity contribution >= 4 is 6.47 Å². The molecular weight excluding hydrogens is 234 g/mol. The van der Waals surface area contributed by atoms with Gasteiger partial charge >= 0.3 is 0 Å². The number of aliphatic hydroxyl groups is 2. The van der Waals surface area contributed by atoms with E-state index in [1.54, 1.807) is 0 Å². The maximum atomic E-state index is 9.85. The van der Waals surface area contributed by atoms with Gasteiger partial charge in [-0.2, -0.15) is 0 Å². The van der Waals surface area contributed by atoms with Crippen LogP contribution in [0.5, 0.6) is 0 Å². The quantitative estimate of drug-likeness (QED) is 0.653. The van der Waals surface area contributed by atoms with E-state index in [2.05, 4.69) is 10.1 Å². The zero-order valence-corrected chi connectivity index (χ0v) is 11.7. The molecule has 0 unspecified atom stereocenters. The van der Waals surface area contributed by atoms with Gasteiger partial charge in [0.1, 0.15) is 5.60 Å². The van der Waals surface area contributed by atoms with Crippen molar-refractivity contribution in [1.29, 1.82) is 0 Å². The van der Waals surface area contributed by atoms with Crippen LogP contribution >= 0.6 is 0 Å². The highest BCUT2D eigenvalue weighted by molar-refractivity contribution is 5.37. The van der Waals surface area contributed by atoms with Gasteiger partial charge in [-0.05, 0) is 59.5 Å². The van der Waals surface area contributed by atoms with E-state index in [0.717, 1.165) is 38.8 Å². The van der Waals surface area contributed by atoms with E-state index in [0.29, 0.717) is 6.47 Å². The maximum Gasteiger partial charge on any atom is 0.293 e. The Labute approximate surface area is 110 Å². The first-order valence-corrected chi connectivity index (χ1v) is 6.48. The van der Waals surface area contributed by atoms with Crippen molar-refractivity contribution < 1.29 is 19.7 Å². The van der Waals surface area contributed by atoms with Gasteiger partial charge in [-0.1, -0.05) is 0 Å². The van der Waals surface area contributed by atoms with Crippen LogP contribution in [-0.2, 0) is 9.53 Å². The summed E-state index contributed by atoms with van der Waals surface area (Å²) in [7, 11) is 0. The summed E-state index contributed by atoms with van der Waals surface area (Å²) in [6, 6.07) is 0. The number of piperidine rings is 1. The molecule has 0 aliphatic carbocycles. The Morgan fingerprint density at radius 2 is 1.89 bits per heavy atom. The van der Waals surface area contributed by atoms with E-state index >= 15 is 0 Å². The first-order valence-electron chi connectivity index (χ1n) is 6.48. The SMILES string of the molecule is CC(C)(C)OC=O.OCCCC1(O)CCNCC1. The van der Waals surface area contributed by atoms with Crippen molar-refractivity contribution in [3.63, 3.8) is 0 Å². The average molecular weight is 261 g/mol. The summed E-state index contributed by atoms with van der Waals surface area (Å²) in [6.07, 6.45) is 3.11. The van der Waals surface area contributed by atoms with Crippen molar-refractivity contribution in [3.05, 3.63) is 0 Å². The number of hydrogen-bond acceptors (Lipinski definition) is 5. The highest BCUT2D eigenvalue weighted by Crippen LogP contribution is 2.22. The van der Waals surface area contributed by atoms with Crippen LogP contribution in [0.15, 0.2) is 0 Å². The fourth-order valence-corrected chi connectivity index (χ4v) is 1.69. The summed E-state index contributed by atoms with van der Waals surface area (Å²) >= 11 is 0. The molecule has 5 heteroatoms. The molecule has 1 saturated heterocycles. The minimum absolute atomic E-state index is 0.190. The number of hydrogen-bond donors (Lipinski definition) is 3. The maximum absolute atomic E-state index is 9.85. The fraction of sp³-hybridized carbons (Fsp3) is 0.923. The third-order valence-corrected chi connectivity index (χ3v) is 2.74. The number of carbonyl (C=O) groups excluding carboxylic acids is 1. The molecule has 0 saturated carbocycles. The Kier molecular flexibility index (Phi) is 8.15. The molecule has 0 radical (unpaired) electrons. The summed E-state index contributed by atoms with van der Waals surface area (Å²) in [4.78, 5) is 9.60. The van der Waals surface area contributed by atoms with Crippen molar-refractivity contribution in [3.8, 4) is 0 Å². The van der Waals surface area contributed by atoms with Gasteiger partial charge in [0.25, 0.3) is 6.47 Å². The third kappa shape index (κ3) is 9.39. The van der Waals surface area contributed by atoms with Gasteiger partial charge in [0.2, 0.25) is 0 Å². The summed E-state index contributed by atoms with van der Waals surface area (Å²) in [5.41, 5.74) is -0.810. The van der Waals surface area contributed by atoms with E-state index in [9.17, 15) is 9.90 Å². The van der Waals surface area contributed by atoms with E-state index in [-0.39, 0.29) is 12.2 Å². The number of ether oxygens (including phenoxy) is 1. The molecule has 0 amide bonds. The molecule has 0 atom stereocenters. The molecule has 108 valence electrons. The van der Waals surface area contributed by atoms with Crippen LogP contribution in [0.1, 0.15) is 46.5 Å². The van der Waals surface area contributed by atoms with Crippen LogP contribution < -0.4 is 5.32 Å². The number of nitrogens with one attached hydrogen (secondary N) is 1. The Bertz CT molecular complexity index is 220. The highest BCUT2D eigenvalue weighted by Gasteiger charge is 2.27. The van der Waals surface area contributed by atoms with Crippen molar-refractivity contribution in [2.45, 2.75) is 57.7 Å². The summed E-state index contributed by atoms with van der Waals surface area (Å²) in [5, 5.41) is 21.6. The second-order valence-electron chi connectivity index (χ2n) is 5.63. The van der Waals surface area contributed by atoms with Gasteiger partial charge < -0.3 is 20.3 Å². The van der Waals surface area contributed by atoms with Gasteiger partial charge in [-0.3, -0.25) is 4.79 Å². The van der Waals surface area contributed by atoms with E-state index in [1.165, 1.54) is 0 Å². The molecule has 3 N–H and O–H groups in total. The monoisotopic (exact) mass is 261 g/mol. The van der Waals surface area contributed by atoms with Gasteiger partial charge in [0.15, 0.2) is 0 Å². The van der Waals surface area contributed by atoms with Crippen LogP contribution in [0.2, 0.25) is 0 Å². The first kappa shape index (κ1) is 17.4. The van der Waals surface area contributed by atoms with Crippen molar-refractivity contribution in [1.82, 2.24) is 5.32 Å². The molecule has 0 aromatic heterocycles. The molecule has 18 heavy (non-hydrogen) atoms. The molecule has 0 bridgehead atoms. The molecule has 1 rings (SSSR count). The molecule has 0 aromatic rings. The molecule has 1 aliphatic rings.